The summed E-state index contributed by atoms with van der Waals surface area (Å²) in [5, 5.41) is 0. The smallest absolute Gasteiger partial charge is 0.0989 e. The van der Waals surface area contributed by atoms with Crippen molar-refractivity contribution in [3.05, 3.63) is 18.2 Å². The minimum atomic E-state index is 0.173. The lowest BCUT2D eigenvalue weighted by Gasteiger charge is -2.25. The molecule has 0 saturated carbocycles. The highest BCUT2D eigenvalue weighted by atomic mass is 16.5. The molecule has 0 amide bonds. The van der Waals surface area contributed by atoms with Crippen molar-refractivity contribution in [1.29, 1.82) is 0 Å². The molecule has 0 aliphatic carbocycles. The largest absolute Gasteiger partial charge is 0.370 e. The van der Waals surface area contributed by atoms with Crippen molar-refractivity contribution in [2.75, 3.05) is 6.61 Å². The normalized spacial score (nSPS) is 30.4. The Labute approximate surface area is 71.1 Å². The Bertz CT molecular complexity index is 226. The molecule has 1 aromatic rings. The van der Waals surface area contributed by atoms with Crippen LogP contribution in [0.25, 0.3) is 0 Å². The van der Waals surface area contributed by atoms with Gasteiger partial charge in [0.15, 0.2) is 0 Å². The second-order valence-electron chi connectivity index (χ2n) is 3.17. The Morgan fingerprint density at radius 3 is 3.08 bits per heavy atom. The topological polar surface area (TPSA) is 63.9 Å². The molecule has 0 unspecified atom stereocenters. The fourth-order valence-electron chi connectivity index (χ4n) is 1.46. The molecule has 1 fully saturated rings. The molecule has 66 valence electrons. The molecule has 1 aliphatic heterocycles. The second-order valence-corrected chi connectivity index (χ2v) is 3.17. The van der Waals surface area contributed by atoms with Gasteiger partial charge < -0.3 is 15.5 Å². The lowest BCUT2D eigenvalue weighted by Crippen LogP contribution is -2.32. The van der Waals surface area contributed by atoms with Crippen molar-refractivity contribution in [2.24, 2.45) is 5.73 Å². The van der Waals surface area contributed by atoms with E-state index < -0.39 is 0 Å². The second kappa shape index (κ2) is 3.25. The SMILES string of the molecule is N[C@H]1CC[C@@H](c2cnc[nH]2)OC1. The molecule has 12 heavy (non-hydrogen) atoms. The predicted molar refractivity (Wildman–Crippen MR) is 44.5 cm³/mol. The van der Waals surface area contributed by atoms with E-state index in [1.807, 2.05) is 6.20 Å². The molecule has 0 aromatic carbocycles. The number of aromatic nitrogens is 2. The summed E-state index contributed by atoms with van der Waals surface area (Å²) in [6, 6.07) is 0.212. The molecule has 0 spiro atoms. The molecule has 1 aliphatic rings. The number of aromatic amines is 1. The van der Waals surface area contributed by atoms with Crippen molar-refractivity contribution in [1.82, 2.24) is 9.97 Å². The molecule has 1 aromatic heterocycles. The zero-order chi connectivity index (χ0) is 8.39. The maximum Gasteiger partial charge on any atom is 0.0989 e. The number of ether oxygens (including phenoxy) is 1. The number of nitrogens with two attached hydrogens (primary N) is 1. The first-order valence-electron chi connectivity index (χ1n) is 4.21. The average Bonchev–Trinajstić information content (AvgIpc) is 2.58. The van der Waals surface area contributed by atoms with Crippen molar-refractivity contribution < 1.29 is 4.74 Å². The molecule has 4 nitrogen and oxygen atoms in total. The molecule has 2 atom stereocenters. The Morgan fingerprint density at radius 1 is 1.58 bits per heavy atom. The van der Waals surface area contributed by atoms with Crippen molar-refractivity contribution >= 4 is 0 Å². The van der Waals surface area contributed by atoms with Gasteiger partial charge in [0.25, 0.3) is 0 Å². The quantitative estimate of drug-likeness (QED) is 0.643. The average molecular weight is 167 g/mol. The van der Waals surface area contributed by atoms with Gasteiger partial charge in [-0.1, -0.05) is 0 Å². The highest BCUT2D eigenvalue weighted by Crippen LogP contribution is 2.25. The molecule has 4 heteroatoms. The summed E-state index contributed by atoms with van der Waals surface area (Å²) in [5.74, 6) is 0. The van der Waals surface area contributed by atoms with Gasteiger partial charge in [-0.2, -0.15) is 0 Å². The van der Waals surface area contributed by atoms with Crippen LogP contribution in [0.3, 0.4) is 0 Å². The Kier molecular flexibility index (Phi) is 2.10. The number of nitrogens with one attached hydrogen (secondary N) is 1. The van der Waals surface area contributed by atoms with Crippen LogP contribution in [0, 0.1) is 0 Å². The number of imidazole rings is 1. The van der Waals surface area contributed by atoms with Crippen LogP contribution in [-0.4, -0.2) is 22.6 Å². The molecule has 2 rings (SSSR count). The first-order valence-corrected chi connectivity index (χ1v) is 4.21. The van der Waals surface area contributed by atoms with Gasteiger partial charge in [-0.15, -0.1) is 0 Å². The van der Waals surface area contributed by atoms with Crippen molar-refractivity contribution in [2.45, 2.75) is 25.0 Å². The zero-order valence-corrected chi connectivity index (χ0v) is 6.86. The van der Waals surface area contributed by atoms with Crippen LogP contribution >= 0.6 is 0 Å². The van der Waals surface area contributed by atoms with E-state index in [1.165, 1.54) is 0 Å². The predicted octanol–water partition coefficient (Wildman–Crippen LogP) is 0.588. The van der Waals surface area contributed by atoms with E-state index in [9.17, 15) is 0 Å². The minimum Gasteiger partial charge on any atom is -0.370 e. The van der Waals surface area contributed by atoms with Gasteiger partial charge >= 0.3 is 0 Å². The summed E-state index contributed by atoms with van der Waals surface area (Å²) in [4.78, 5) is 6.99. The monoisotopic (exact) mass is 167 g/mol. The Balaban J connectivity index is 1.99. The minimum absolute atomic E-state index is 0.173. The molecule has 3 N–H and O–H groups in total. The number of rotatable bonds is 1. The molecular weight excluding hydrogens is 154 g/mol. The third-order valence-corrected chi connectivity index (χ3v) is 2.18. The van der Waals surface area contributed by atoms with Gasteiger partial charge in [-0.25, -0.2) is 4.98 Å². The van der Waals surface area contributed by atoms with Crippen LogP contribution in [0.15, 0.2) is 12.5 Å². The van der Waals surface area contributed by atoms with E-state index in [1.54, 1.807) is 6.33 Å². The number of H-pyrrole nitrogens is 1. The third-order valence-electron chi connectivity index (χ3n) is 2.18. The maximum absolute atomic E-state index is 5.70. The van der Waals surface area contributed by atoms with Crippen LogP contribution in [0.2, 0.25) is 0 Å². The lowest BCUT2D eigenvalue weighted by molar-refractivity contribution is 0.00186. The number of hydrogen-bond acceptors (Lipinski definition) is 3. The van der Waals surface area contributed by atoms with Gasteiger partial charge in [0.1, 0.15) is 0 Å². The van der Waals surface area contributed by atoms with E-state index in [4.69, 9.17) is 10.5 Å². The fourth-order valence-corrected chi connectivity index (χ4v) is 1.46. The molecule has 0 bridgehead atoms. The summed E-state index contributed by atoms with van der Waals surface area (Å²) in [7, 11) is 0. The summed E-state index contributed by atoms with van der Waals surface area (Å²) in [5.41, 5.74) is 6.76. The standard InChI is InChI=1S/C8H13N3O/c9-6-1-2-8(12-4-6)7-3-10-5-11-7/h3,5-6,8H,1-2,4,9H2,(H,10,11)/t6-,8-/m0/s1. The summed E-state index contributed by atoms with van der Waals surface area (Å²) in [6.07, 6.45) is 5.68. The lowest BCUT2D eigenvalue weighted by atomic mass is 10.0. The van der Waals surface area contributed by atoms with Crippen LogP contribution in [0.1, 0.15) is 24.6 Å². The van der Waals surface area contributed by atoms with Gasteiger partial charge in [0.05, 0.1) is 30.9 Å². The molecule has 2 heterocycles. The first-order chi connectivity index (χ1) is 5.86. The summed E-state index contributed by atoms with van der Waals surface area (Å²) >= 11 is 0. The van der Waals surface area contributed by atoms with Crippen LogP contribution in [0.5, 0.6) is 0 Å². The Hall–Kier alpha value is -0.870. The van der Waals surface area contributed by atoms with Crippen molar-refractivity contribution in [3.63, 3.8) is 0 Å². The van der Waals surface area contributed by atoms with Gasteiger partial charge in [-0.3, -0.25) is 0 Å². The summed E-state index contributed by atoms with van der Waals surface area (Å²) in [6.45, 7) is 0.656. The van der Waals surface area contributed by atoms with Crippen molar-refractivity contribution in [3.8, 4) is 0 Å². The van der Waals surface area contributed by atoms with Crippen LogP contribution in [-0.2, 0) is 4.74 Å². The van der Waals surface area contributed by atoms with Gasteiger partial charge in [0.2, 0.25) is 0 Å². The molecule has 0 radical (unpaired) electrons. The maximum atomic E-state index is 5.70. The van der Waals surface area contributed by atoms with E-state index in [-0.39, 0.29) is 12.1 Å². The zero-order valence-electron chi connectivity index (χ0n) is 6.86. The highest BCUT2D eigenvalue weighted by molar-refractivity contribution is 5.00. The van der Waals surface area contributed by atoms with E-state index in [2.05, 4.69) is 9.97 Å². The van der Waals surface area contributed by atoms with E-state index in [0.29, 0.717) is 6.61 Å². The van der Waals surface area contributed by atoms with E-state index in [0.717, 1.165) is 18.5 Å². The van der Waals surface area contributed by atoms with Gasteiger partial charge in [-0.05, 0) is 12.8 Å². The third kappa shape index (κ3) is 1.49. The first kappa shape index (κ1) is 7.76. The fraction of sp³-hybridized carbons (Fsp3) is 0.625. The highest BCUT2D eigenvalue weighted by Gasteiger charge is 2.20. The molecule has 1 saturated heterocycles. The van der Waals surface area contributed by atoms with Crippen LogP contribution in [0.4, 0.5) is 0 Å². The van der Waals surface area contributed by atoms with Gasteiger partial charge in [0, 0.05) is 6.04 Å². The van der Waals surface area contributed by atoms with Crippen LogP contribution < -0.4 is 5.73 Å². The molecular formula is C8H13N3O. The number of nitrogens with zero attached hydrogens (tertiary/aromatic N) is 1. The number of hydrogen-bond donors (Lipinski definition) is 2. The summed E-state index contributed by atoms with van der Waals surface area (Å²) < 4.78 is 5.54. The Morgan fingerprint density at radius 2 is 2.50 bits per heavy atom. The van der Waals surface area contributed by atoms with E-state index >= 15 is 0 Å².